The van der Waals surface area contributed by atoms with Crippen molar-refractivity contribution < 1.29 is 27.5 Å². The maximum Gasteiger partial charge on any atom is 0.323 e. The largest absolute Gasteiger partial charge is 0.480 e. The highest BCUT2D eigenvalue weighted by Gasteiger charge is 2.30. The van der Waals surface area contributed by atoms with Gasteiger partial charge in [-0.05, 0) is 54.2 Å². The molecular weight excluding hydrogens is 563 g/mol. The number of carbonyl (C=O) groups excluding carboxylic acids is 1. The molecule has 0 unspecified atom stereocenters. The van der Waals surface area contributed by atoms with Gasteiger partial charge in [-0.2, -0.15) is 4.72 Å². The van der Waals surface area contributed by atoms with Crippen LogP contribution in [0.3, 0.4) is 0 Å². The number of rotatable bonds is 10. The summed E-state index contributed by atoms with van der Waals surface area (Å²) in [5.74, 6) is -2.27. The van der Waals surface area contributed by atoms with Gasteiger partial charge in [0.2, 0.25) is 16.0 Å². The maximum atomic E-state index is 14.6. The number of benzene rings is 2. The molecule has 3 aromatic rings. The van der Waals surface area contributed by atoms with Gasteiger partial charge in [0.1, 0.15) is 11.9 Å². The number of carboxylic acid groups (broad SMARTS) is 1. The van der Waals surface area contributed by atoms with E-state index in [1.54, 1.807) is 36.7 Å². The summed E-state index contributed by atoms with van der Waals surface area (Å²) in [7, 11) is -4.25. The molecule has 1 aromatic heterocycles. The van der Waals surface area contributed by atoms with Crippen LogP contribution in [0.1, 0.15) is 49.5 Å². The summed E-state index contributed by atoms with van der Waals surface area (Å²) in [5.41, 5.74) is 0.512. The second kappa shape index (κ2) is 12.8. The van der Waals surface area contributed by atoms with Crippen LogP contribution in [0.4, 0.5) is 16.0 Å². The number of aromatic nitrogens is 2. The molecule has 4 N–H and O–H groups in total. The number of halogens is 1. The number of nitrogens with one attached hydrogen (secondary N) is 3. The molecule has 1 amide bonds. The Labute approximate surface area is 244 Å². The van der Waals surface area contributed by atoms with E-state index in [1.165, 1.54) is 18.2 Å². The lowest BCUT2D eigenvalue weighted by atomic mass is 9.87. The Hall–Kier alpha value is -4.10. The lowest BCUT2D eigenvalue weighted by Gasteiger charge is -2.34. The van der Waals surface area contributed by atoms with Gasteiger partial charge in [-0.3, -0.25) is 9.59 Å². The zero-order valence-corrected chi connectivity index (χ0v) is 24.5. The van der Waals surface area contributed by atoms with Crippen LogP contribution in [0.25, 0.3) is 0 Å². The smallest absolute Gasteiger partial charge is 0.323 e. The molecule has 2 heterocycles. The minimum absolute atomic E-state index is 0.00647. The molecule has 11 nitrogen and oxygen atoms in total. The van der Waals surface area contributed by atoms with Gasteiger partial charge >= 0.3 is 5.97 Å². The van der Waals surface area contributed by atoms with Crippen molar-refractivity contribution in [2.45, 2.75) is 56.0 Å². The van der Waals surface area contributed by atoms with Crippen LogP contribution in [0.5, 0.6) is 0 Å². The number of hydrogen-bond donors (Lipinski definition) is 4. The third-order valence-electron chi connectivity index (χ3n) is 6.95. The summed E-state index contributed by atoms with van der Waals surface area (Å²) >= 11 is 0. The average Bonchev–Trinajstić information content (AvgIpc) is 2.95. The Bertz CT molecular complexity index is 1520. The molecule has 0 spiro atoms. The summed E-state index contributed by atoms with van der Waals surface area (Å²) in [4.78, 5) is 35.2. The molecule has 13 heteroatoms. The first-order chi connectivity index (χ1) is 19.8. The van der Waals surface area contributed by atoms with Crippen LogP contribution in [0, 0.1) is 5.82 Å². The second-order valence-electron chi connectivity index (χ2n) is 11.1. The monoisotopic (exact) mass is 598 g/mol. The minimum atomic E-state index is -4.25. The predicted molar refractivity (Wildman–Crippen MR) is 157 cm³/mol. The summed E-state index contributed by atoms with van der Waals surface area (Å²) < 4.78 is 43.1. The maximum absolute atomic E-state index is 14.6. The number of piperidine rings is 1. The number of hydrogen-bond acceptors (Lipinski definition) is 8. The Morgan fingerprint density at radius 3 is 2.38 bits per heavy atom. The first kappa shape index (κ1) is 30.8. The van der Waals surface area contributed by atoms with Gasteiger partial charge in [-0.1, -0.05) is 39.0 Å². The van der Waals surface area contributed by atoms with Crippen molar-refractivity contribution in [2.24, 2.45) is 0 Å². The first-order valence-corrected chi connectivity index (χ1v) is 15.0. The van der Waals surface area contributed by atoms with Crippen molar-refractivity contribution in [3.63, 3.8) is 0 Å². The van der Waals surface area contributed by atoms with Gasteiger partial charge in [0, 0.05) is 49.3 Å². The summed E-state index contributed by atoms with van der Waals surface area (Å²) in [6.45, 7) is 6.21. The summed E-state index contributed by atoms with van der Waals surface area (Å²) in [5, 5.41) is 15.4. The molecule has 0 saturated carbocycles. The zero-order valence-electron chi connectivity index (χ0n) is 23.7. The molecule has 2 aromatic carbocycles. The van der Waals surface area contributed by atoms with Crippen LogP contribution < -0.4 is 20.3 Å². The number of amides is 1. The fourth-order valence-electron chi connectivity index (χ4n) is 4.77. The molecule has 1 saturated heterocycles. The third kappa shape index (κ3) is 7.79. The number of carboxylic acids is 1. The number of sulfonamides is 1. The van der Waals surface area contributed by atoms with Crippen molar-refractivity contribution >= 4 is 33.5 Å². The van der Waals surface area contributed by atoms with Crippen molar-refractivity contribution in [1.29, 1.82) is 0 Å². The van der Waals surface area contributed by atoms with E-state index in [1.807, 2.05) is 25.7 Å². The van der Waals surface area contributed by atoms with Gasteiger partial charge in [-0.25, -0.2) is 22.8 Å². The van der Waals surface area contributed by atoms with Crippen LogP contribution in [-0.2, 0) is 20.2 Å². The van der Waals surface area contributed by atoms with Crippen LogP contribution in [0.2, 0.25) is 0 Å². The topological polar surface area (TPSA) is 154 Å². The highest BCUT2D eigenvalue weighted by Crippen LogP contribution is 2.29. The molecule has 4 rings (SSSR count). The summed E-state index contributed by atoms with van der Waals surface area (Å²) in [6, 6.07) is 10.5. The highest BCUT2D eigenvalue weighted by molar-refractivity contribution is 7.89. The molecule has 0 radical (unpaired) electrons. The Morgan fingerprint density at radius 1 is 1.07 bits per heavy atom. The van der Waals surface area contributed by atoms with E-state index in [9.17, 15) is 27.5 Å². The highest BCUT2D eigenvalue weighted by atomic mass is 32.2. The molecule has 1 atom stereocenters. The van der Waals surface area contributed by atoms with Crippen molar-refractivity contribution in [2.75, 3.05) is 29.9 Å². The van der Waals surface area contributed by atoms with E-state index < -0.39 is 45.7 Å². The molecule has 42 heavy (non-hydrogen) atoms. The number of nitrogens with zero attached hydrogens (tertiary/aromatic N) is 3. The van der Waals surface area contributed by atoms with E-state index in [2.05, 4.69) is 25.3 Å². The lowest BCUT2D eigenvalue weighted by molar-refractivity contribution is -0.138. The average molecular weight is 599 g/mol. The van der Waals surface area contributed by atoms with Crippen molar-refractivity contribution in [3.8, 4) is 0 Å². The first-order valence-electron chi connectivity index (χ1n) is 13.6. The van der Waals surface area contributed by atoms with Gasteiger partial charge in [0.25, 0.3) is 5.91 Å². The number of aliphatic carboxylic acids is 1. The third-order valence-corrected chi connectivity index (χ3v) is 8.48. The Morgan fingerprint density at radius 2 is 1.74 bits per heavy atom. The molecule has 1 fully saturated rings. The van der Waals surface area contributed by atoms with E-state index in [0.29, 0.717) is 30.3 Å². The molecule has 0 bridgehead atoms. The van der Waals surface area contributed by atoms with E-state index >= 15 is 0 Å². The molecule has 0 aliphatic carbocycles. The van der Waals surface area contributed by atoms with Gasteiger partial charge in [0.15, 0.2) is 0 Å². The quantitative estimate of drug-likeness (QED) is 0.276. The second-order valence-corrected chi connectivity index (χ2v) is 12.8. The molecular formula is C29H35FN6O5S. The van der Waals surface area contributed by atoms with Crippen LogP contribution >= 0.6 is 0 Å². The normalized spacial score (nSPS) is 15.2. The standard InChI is InChI=1S/C29H35FN6O5S/c1-29(2,3)23-7-4-5-8-25(23)42(40,41)35-24(27(38)39)18-33-26(37)19-15-20(30)17-22(16-19)36-13-9-21(10-14-36)34-28-31-11-6-12-32-28/h4-8,11-12,15-17,21,24,35H,9-10,13-14,18H2,1-3H3,(H,33,37)(H,38,39)(H,31,32,34)/t24-/m0/s1. The van der Waals surface area contributed by atoms with E-state index in [-0.39, 0.29) is 16.5 Å². The van der Waals surface area contributed by atoms with Crippen LogP contribution in [-0.4, -0.2) is 67.1 Å². The Balaban J connectivity index is 1.40. The van der Waals surface area contributed by atoms with Gasteiger partial charge < -0.3 is 20.6 Å². The Kier molecular flexibility index (Phi) is 9.42. The fraction of sp³-hybridized carbons (Fsp3) is 0.379. The van der Waals surface area contributed by atoms with Crippen LogP contribution in [0.15, 0.2) is 65.8 Å². The van der Waals surface area contributed by atoms with E-state index in [0.717, 1.165) is 18.9 Å². The van der Waals surface area contributed by atoms with Crippen molar-refractivity contribution in [1.82, 2.24) is 20.0 Å². The van der Waals surface area contributed by atoms with E-state index in [4.69, 9.17) is 0 Å². The van der Waals surface area contributed by atoms with Gasteiger partial charge in [-0.15, -0.1) is 0 Å². The minimum Gasteiger partial charge on any atom is -0.480 e. The zero-order chi connectivity index (χ0) is 30.5. The molecule has 1 aliphatic heterocycles. The lowest BCUT2D eigenvalue weighted by Crippen LogP contribution is -2.48. The molecule has 224 valence electrons. The van der Waals surface area contributed by atoms with Gasteiger partial charge in [0.05, 0.1) is 4.90 Å². The number of anilines is 2. The SMILES string of the molecule is CC(C)(C)c1ccccc1S(=O)(=O)N[C@@H](CNC(=O)c1cc(F)cc(N2CCC(Nc3ncccn3)CC2)c1)C(=O)O. The number of carbonyl (C=O) groups is 2. The van der Waals surface area contributed by atoms with Crippen molar-refractivity contribution in [3.05, 3.63) is 77.9 Å². The fourth-order valence-corrected chi connectivity index (χ4v) is 6.38. The summed E-state index contributed by atoms with van der Waals surface area (Å²) in [6.07, 6.45) is 4.80. The predicted octanol–water partition coefficient (Wildman–Crippen LogP) is 3.16. The molecule has 1 aliphatic rings.